The number of hydrogen-bond acceptors (Lipinski definition) is 5. The van der Waals surface area contributed by atoms with Gasteiger partial charge < -0.3 is 18.9 Å². The van der Waals surface area contributed by atoms with Gasteiger partial charge in [0.15, 0.2) is 17.6 Å². The summed E-state index contributed by atoms with van der Waals surface area (Å²) in [6.07, 6.45) is -1.07. The molecule has 5 nitrogen and oxygen atoms in total. The van der Waals surface area contributed by atoms with Gasteiger partial charge in [0.1, 0.15) is 0 Å². The molecule has 122 valence electrons. The van der Waals surface area contributed by atoms with E-state index in [-0.39, 0.29) is 11.9 Å². The first kappa shape index (κ1) is 16.6. The zero-order valence-corrected chi connectivity index (χ0v) is 13.8. The Labute approximate surface area is 131 Å². The fraction of sp³-hybridized carbons (Fsp3) is 0.588. The molecule has 0 amide bonds. The maximum absolute atomic E-state index is 11.4. The number of carbonyl (C=O) groups is 1. The molecule has 1 aromatic carbocycles. The third-order valence-corrected chi connectivity index (χ3v) is 4.07. The molecule has 0 aromatic heterocycles. The molecule has 5 heteroatoms. The standard InChI is InChI=1S/C17H24O5/c1-10-6-7-14(15(8-10)19-5)22-17-16(21-13(4)18)12(3)11(2)9-20-17/h6-8,11-12,16-17H,9H2,1-5H3/t11-,12+,16-,17+/m1/s1. The number of rotatable bonds is 4. The molecule has 1 saturated heterocycles. The molecule has 0 unspecified atom stereocenters. The van der Waals surface area contributed by atoms with Gasteiger partial charge in [-0.1, -0.05) is 19.9 Å². The molecular weight excluding hydrogens is 284 g/mol. The average molecular weight is 308 g/mol. The Balaban J connectivity index is 2.20. The number of carbonyl (C=O) groups excluding carboxylic acids is 1. The van der Waals surface area contributed by atoms with E-state index >= 15 is 0 Å². The van der Waals surface area contributed by atoms with E-state index in [2.05, 4.69) is 6.92 Å². The molecule has 1 aromatic rings. The summed E-state index contributed by atoms with van der Waals surface area (Å²) in [6, 6.07) is 5.67. The molecule has 0 radical (unpaired) electrons. The van der Waals surface area contributed by atoms with Gasteiger partial charge in [0.2, 0.25) is 6.29 Å². The van der Waals surface area contributed by atoms with Crippen molar-refractivity contribution in [1.82, 2.24) is 0 Å². The van der Waals surface area contributed by atoms with Gasteiger partial charge in [-0.05, 0) is 30.5 Å². The number of hydrogen-bond donors (Lipinski definition) is 0. The van der Waals surface area contributed by atoms with Gasteiger partial charge in [-0.3, -0.25) is 4.79 Å². The van der Waals surface area contributed by atoms with Crippen molar-refractivity contribution in [3.63, 3.8) is 0 Å². The van der Waals surface area contributed by atoms with Crippen LogP contribution in [0.5, 0.6) is 11.5 Å². The molecule has 1 aliphatic rings. The van der Waals surface area contributed by atoms with Crippen LogP contribution in [0.1, 0.15) is 26.3 Å². The highest BCUT2D eigenvalue weighted by molar-refractivity contribution is 5.66. The summed E-state index contributed by atoms with van der Waals surface area (Å²) in [5.74, 6) is 1.33. The Morgan fingerprint density at radius 1 is 1.27 bits per heavy atom. The van der Waals surface area contributed by atoms with Crippen LogP contribution in [-0.2, 0) is 14.3 Å². The Bertz CT molecular complexity index is 528. The molecule has 0 bridgehead atoms. The average Bonchev–Trinajstić information content (AvgIpc) is 2.48. The molecular formula is C17H24O5. The fourth-order valence-corrected chi connectivity index (χ4v) is 2.52. The smallest absolute Gasteiger partial charge is 0.303 e. The first-order valence-electron chi connectivity index (χ1n) is 7.52. The normalized spacial score (nSPS) is 28.0. The van der Waals surface area contributed by atoms with E-state index in [4.69, 9.17) is 18.9 Å². The molecule has 0 saturated carbocycles. The lowest BCUT2D eigenvalue weighted by Gasteiger charge is -2.39. The first-order valence-corrected chi connectivity index (χ1v) is 7.52. The Kier molecular flexibility index (Phi) is 5.29. The lowest BCUT2D eigenvalue weighted by Crippen LogP contribution is -2.49. The van der Waals surface area contributed by atoms with E-state index < -0.39 is 12.4 Å². The number of methoxy groups -OCH3 is 1. The minimum atomic E-state index is -0.633. The zero-order chi connectivity index (χ0) is 16.3. The fourth-order valence-electron chi connectivity index (χ4n) is 2.52. The van der Waals surface area contributed by atoms with Crippen LogP contribution >= 0.6 is 0 Å². The van der Waals surface area contributed by atoms with Gasteiger partial charge in [0.05, 0.1) is 13.7 Å². The van der Waals surface area contributed by atoms with Crippen molar-refractivity contribution in [3.05, 3.63) is 23.8 Å². The summed E-state index contributed by atoms with van der Waals surface area (Å²) < 4.78 is 22.5. The van der Waals surface area contributed by atoms with Gasteiger partial charge in [0, 0.05) is 12.8 Å². The number of aryl methyl sites for hydroxylation is 1. The summed E-state index contributed by atoms with van der Waals surface area (Å²) in [7, 11) is 1.59. The minimum absolute atomic E-state index is 0.152. The molecule has 2 rings (SSSR count). The van der Waals surface area contributed by atoms with E-state index in [1.54, 1.807) is 7.11 Å². The lowest BCUT2D eigenvalue weighted by atomic mass is 9.88. The van der Waals surface area contributed by atoms with Gasteiger partial charge in [-0.2, -0.15) is 0 Å². The van der Waals surface area contributed by atoms with Crippen LogP contribution in [0.4, 0.5) is 0 Å². The number of ether oxygens (including phenoxy) is 4. The predicted octanol–water partition coefficient (Wildman–Crippen LogP) is 2.94. The van der Waals surface area contributed by atoms with Crippen molar-refractivity contribution >= 4 is 5.97 Å². The monoisotopic (exact) mass is 308 g/mol. The number of esters is 1. The molecule has 1 aliphatic heterocycles. The van der Waals surface area contributed by atoms with E-state index in [9.17, 15) is 4.79 Å². The van der Waals surface area contributed by atoms with Crippen molar-refractivity contribution in [2.75, 3.05) is 13.7 Å². The van der Waals surface area contributed by atoms with Gasteiger partial charge in [0.25, 0.3) is 0 Å². The molecule has 1 fully saturated rings. The first-order chi connectivity index (χ1) is 10.4. The third-order valence-electron chi connectivity index (χ3n) is 4.07. The van der Waals surface area contributed by atoms with E-state index in [0.717, 1.165) is 5.56 Å². The lowest BCUT2D eigenvalue weighted by molar-refractivity contribution is -0.220. The Morgan fingerprint density at radius 2 is 2.00 bits per heavy atom. The third kappa shape index (κ3) is 3.71. The topological polar surface area (TPSA) is 54.0 Å². The summed E-state index contributed by atoms with van der Waals surface area (Å²) in [5.41, 5.74) is 1.08. The molecule has 0 N–H and O–H groups in total. The van der Waals surface area contributed by atoms with Crippen molar-refractivity contribution in [3.8, 4) is 11.5 Å². The predicted molar refractivity (Wildman–Crippen MR) is 82.0 cm³/mol. The molecule has 1 heterocycles. The van der Waals surface area contributed by atoms with Crippen molar-refractivity contribution in [2.45, 2.75) is 40.1 Å². The van der Waals surface area contributed by atoms with Crippen LogP contribution in [0, 0.1) is 18.8 Å². The highest BCUT2D eigenvalue weighted by Gasteiger charge is 2.40. The second kappa shape index (κ2) is 7.01. The van der Waals surface area contributed by atoms with E-state index in [1.165, 1.54) is 6.92 Å². The van der Waals surface area contributed by atoms with E-state index in [0.29, 0.717) is 24.0 Å². The minimum Gasteiger partial charge on any atom is -0.493 e. The second-order valence-corrected chi connectivity index (χ2v) is 5.88. The van der Waals surface area contributed by atoms with Crippen molar-refractivity contribution < 1.29 is 23.7 Å². The Morgan fingerprint density at radius 3 is 2.64 bits per heavy atom. The van der Waals surface area contributed by atoms with Crippen LogP contribution in [0.25, 0.3) is 0 Å². The van der Waals surface area contributed by atoms with Gasteiger partial charge >= 0.3 is 5.97 Å². The van der Waals surface area contributed by atoms with Crippen molar-refractivity contribution in [1.29, 1.82) is 0 Å². The van der Waals surface area contributed by atoms with E-state index in [1.807, 2.05) is 32.0 Å². The maximum atomic E-state index is 11.4. The summed E-state index contributed by atoms with van der Waals surface area (Å²) in [6.45, 7) is 8.06. The number of benzene rings is 1. The molecule has 22 heavy (non-hydrogen) atoms. The van der Waals surface area contributed by atoms with Crippen LogP contribution in [0.2, 0.25) is 0 Å². The quantitative estimate of drug-likeness (QED) is 0.801. The summed E-state index contributed by atoms with van der Waals surface area (Å²) in [4.78, 5) is 11.4. The molecule has 4 atom stereocenters. The SMILES string of the molecule is COc1cc(C)ccc1O[C@@H]1OC[C@@H](C)[C@H](C)[C@H]1OC(C)=O. The zero-order valence-electron chi connectivity index (χ0n) is 13.8. The van der Waals surface area contributed by atoms with Gasteiger partial charge in [-0.15, -0.1) is 0 Å². The summed E-state index contributed by atoms with van der Waals surface area (Å²) >= 11 is 0. The maximum Gasteiger partial charge on any atom is 0.303 e. The van der Waals surface area contributed by atoms with Crippen LogP contribution in [-0.4, -0.2) is 32.1 Å². The van der Waals surface area contributed by atoms with Crippen LogP contribution in [0.15, 0.2) is 18.2 Å². The highest BCUT2D eigenvalue weighted by Crippen LogP contribution is 2.34. The van der Waals surface area contributed by atoms with Crippen molar-refractivity contribution in [2.24, 2.45) is 11.8 Å². The van der Waals surface area contributed by atoms with Gasteiger partial charge in [-0.25, -0.2) is 0 Å². The second-order valence-electron chi connectivity index (χ2n) is 5.88. The summed E-state index contributed by atoms with van der Waals surface area (Å²) in [5, 5.41) is 0. The van der Waals surface area contributed by atoms with Crippen LogP contribution in [0.3, 0.4) is 0 Å². The highest BCUT2D eigenvalue weighted by atomic mass is 16.7. The van der Waals surface area contributed by atoms with Crippen LogP contribution < -0.4 is 9.47 Å². The largest absolute Gasteiger partial charge is 0.493 e. The Hall–Kier alpha value is -1.75. The molecule has 0 aliphatic carbocycles. The molecule has 0 spiro atoms.